The lowest BCUT2D eigenvalue weighted by Crippen LogP contribution is -2.56. The van der Waals surface area contributed by atoms with Crippen molar-refractivity contribution < 1.29 is 19.4 Å². The summed E-state index contributed by atoms with van der Waals surface area (Å²) in [4.78, 5) is 15.2. The molecule has 0 spiro atoms. The zero-order valence-corrected chi connectivity index (χ0v) is 17.0. The lowest BCUT2D eigenvalue weighted by atomic mass is 9.66. The van der Waals surface area contributed by atoms with Gasteiger partial charge in [-0.25, -0.2) is 0 Å². The molecule has 5 rings (SSSR count). The summed E-state index contributed by atoms with van der Waals surface area (Å²) in [6.07, 6.45) is 7.99. The fraction of sp³-hybridized carbons (Fsp3) is 0.400. The maximum Gasteiger partial charge on any atom is 0.247 e. The standard InChI is InChI=1S/C25H27NO4/c27-23(12-9-18-6-2-1-3-7-18)26-15-14-25(28)13-5-4-8-20(25)24(26)19-10-11-21-22(16-19)30-17-29-21/h1-3,6-7,9-12,16,20,24,28H,4-5,8,13-15,17H2. The van der Waals surface area contributed by atoms with Crippen LogP contribution in [0.5, 0.6) is 11.5 Å². The van der Waals surface area contributed by atoms with Gasteiger partial charge in [0.25, 0.3) is 0 Å². The van der Waals surface area contributed by atoms with E-state index < -0.39 is 5.60 Å². The van der Waals surface area contributed by atoms with Crippen molar-refractivity contribution in [3.8, 4) is 11.5 Å². The number of piperidine rings is 1. The first kappa shape index (κ1) is 19.2. The quantitative estimate of drug-likeness (QED) is 0.773. The molecule has 1 saturated carbocycles. The van der Waals surface area contributed by atoms with E-state index in [0.717, 1.165) is 42.6 Å². The lowest BCUT2D eigenvalue weighted by molar-refractivity contribution is -0.150. The third-order valence-corrected chi connectivity index (χ3v) is 6.81. The predicted molar refractivity (Wildman–Crippen MR) is 114 cm³/mol. The number of rotatable bonds is 3. The van der Waals surface area contributed by atoms with Gasteiger partial charge in [0.2, 0.25) is 12.7 Å². The van der Waals surface area contributed by atoms with Crippen LogP contribution < -0.4 is 9.47 Å². The Balaban J connectivity index is 1.49. The topological polar surface area (TPSA) is 59.0 Å². The van der Waals surface area contributed by atoms with E-state index in [4.69, 9.17) is 9.47 Å². The minimum Gasteiger partial charge on any atom is -0.454 e. The highest BCUT2D eigenvalue weighted by Gasteiger charge is 2.50. The Kier molecular flexibility index (Phi) is 4.99. The van der Waals surface area contributed by atoms with E-state index in [0.29, 0.717) is 18.7 Å². The van der Waals surface area contributed by atoms with E-state index >= 15 is 0 Å². The van der Waals surface area contributed by atoms with Crippen molar-refractivity contribution in [1.29, 1.82) is 0 Å². The van der Waals surface area contributed by atoms with Crippen molar-refractivity contribution >= 4 is 12.0 Å². The number of hydrogen-bond acceptors (Lipinski definition) is 4. The van der Waals surface area contributed by atoms with Gasteiger partial charge in [-0.15, -0.1) is 0 Å². The Hall–Kier alpha value is -2.79. The Morgan fingerprint density at radius 1 is 1.07 bits per heavy atom. The summed E-state index contributed by atoms with van der Waals surface area (Å²) in [5, 5.41) is 11.4. The lowest BCUT2D eigenvalue weighted by Gasteiger charge is -2.52. The molecule has 1 aliphatic carbocycles. The molecular weight excluding hydrogens is 378 g/mol. The van der Waals surface area contributed by atoms with E-state index in [1.807, 2.05) is 59.5 Å². The molecule has 1 N–H and O–H groups in total. The number of ether oxygens (including phenoxy) is 2. The molecule has 0 radical (unpaired) electrons. The molecule has 2 heterocycles. The first-order chi connectivity index (χ1) is 14.6. The second-order valence-corrected chi connectivity index (χ2v) is 8.54. The Morgan fingerprint density at radius 3 is 2.77 bits per heavy atom. The normalized spacial score (nSPS) is 27.8. The van der Waals surface area contributed by atoms with E-state index in [1.165, 1.54) is 0 Å². The summed E-state index contributed by atoms with van der Waals surface area (Å²) in [6, 6.07) is 15.6. The Labute approximate surface area is 176 Å². The molecular formula is C25H27NO4. The summed E-state index contributed by atoms with van der Waals surface area (Å²) in [5.41, 5.74) is 1.29. The van der Waals surface area contributed by atoms with Crippen LogP contribution in [-0.2, 0) is 4.79 Å². The Bertz CT molecular complexity index is 957. The molecule has 2 aromatic carbocycles. The minimum absolute atomic E-state index is 0.0193. The number of amides is 1. The highest BCUT2D eigenvalue weighted by Crippen LogP contribution is 2.50. The second-order valence-electron chi connectivity index (χ2n) is 8.54. The van der Waals surface area contributed by atoms with Gasteiger partial charge in [-0.1, -0.05) is 49.2 Å². The van der Waals surface area contributed by atoms with Gasteiger partial charge >= 0.3 is 0 Å². The van der Waals surface area contributed by atoms with Crippen molar-refractivity contribution in [3.63, 3.8) is 0 Å². The fourth-order valence-electron chi connectivity index (χ4n) is 5.27. The maximum atomic E-state index is 13.3. The van der Waals surface area contributed by atoms with Crippen LogP contribution in [0.25, 0.3) is 6.08 Å². The molecule has 5 heteroatoms. The molecule has 156 valence electrons. The van der Waals surface area contributed by atoms with Gasteiger partial charge in [-0.05, 0) is 48.6 Å². The number of likely N-dealkylation sites (tertiary alicyclic amines) is 1. The molecule has 1 saturated heterocycles. The second kappa shape index (κ2) is 7.80. The van der Waals surface area contributed by atoms with Crippen LogP contribution in [0.4, 0.5) is 0 Å². The summed E-state index contributed by atoms with van der Waals surface area (Å²) < 4.78 is 11.1. The van der Waals surface area contributed by atoms with Gasteiger partial charge in [0, 0.05) is 18.5 Å². The van der Waals surface area contributed by atoms with Crippen molar-refractivity contribution in [2.45, 2.75) is 43.7 Å². The minimum atomic E-state index is -0.709. The number of carbonyl (C=O) groups is 1. The van der Waals surface area contributed by atoms with Crippen LogP contribution in [0.15, 0.2) is 54.6 Å². The molecule has 2 aromatic rings. The van der Waals surface area contributed by atoms with E-state index in [1.54, 1.807) is 6.08 Å². The molecule has 5 nitrogen and oxygen atoms in total. The summed E-state index contributed by atoms with van der Waals surface area (Å²) in [5.74, 6) is 1.45. The Morgan fingerprint density at radius 2 is 1.90 bits per heavy atom. The average molecular weight is 405 g/mol. The van der Waals surface area contributed by atoms with Crippen molar-refractivity contribution in [2.75, 3.05) is 13.3 Å². The van der Waals surface area contributed by atoms with Crippen LogP contribution in [0, 0.1) is 5.92 Å². The van der Waals surface area contributed by atoms with Gasteiger partial charge in [0.15, 0.2) is 11.5 Å². The highest BCUT2D eigenvalue weighted by molar-refractivity contribution is 5.92. The summed E-state index contributed by atoms with van der Waals surface area (Å²) >= 11 is 0. The number of hydrogen-bond donors (Lipinski definition) is 1. The summed E-state index contributed by atoms with van der Waals surface area (Å²) in [6.45, 7) is 0.767. The number of nitrogens with zero attached hydrogens (tertiary/aromatic N) is 1. The van der Waals surface area contributed by atoms with Gasteiger partial charge in [-0.3, -0.25) is 4.79 Å². The van der Waals surface area contributed by atoms with Gasteiger partial charge in [-0.2, -0.15) is 0 Å². The number of fused-ring (bicyclic) bond motifs is 2. The first-order valence-electron chi connectivity index (χ1n) is 10.8. The van der Waals surface area contributed by atoms with Gasteiger partial charge in [0.05, 0.1) is 11.6 Å². The molecule has 3 atom stereocenters. The third-order valence-electron chi connectivity index (χ3n) is 6.81. The first-order valence-corrected chi connectivity index (χ1v) is 10.8. The summed E-state index contributed by atoms with van der Waals surface area (Å²) in [7, 11) is 0. The van der Waals surface area contributed by atoms with Crippen molar-refractivity contribution in [2.24, 2.45) is 5.92 Å². The molecule has 0 aromatic heterocycles. The largest absolute Gasteiger partial charge is 0.454 e. The van der Waals surface area contributed by atoms with Crippen LogP contribution in [0.1, 0.15) is 49.3 Å². The van der Waals surface area contributed by atoms with Crippen LogP contribution in [0.3, 0.4) is 0 Å². The van der Waals surface area contributed by atoms with E-state index in [-0.39, 0.29) is 24.7 Å². The predicted octanol–water partition coefficient (Wildman–Crippen LogP) is 4.32. The number of aliphatic hydroxyl groups is 1. The fourth-order valence-corrected chi connectivity index (χ4v) is 5.27. The molecule has 3 aliphatic rings. The van der Waals surface area contributed by atoms with Crippen LogP contribution in [-0.4, -0.2) is 34.9 Å². The molecule has 2 aliphatic heterocycles. The van der Waals surface area contributed by atoms with E-state index in [9.17, 15) is 9.90 Å². The average Bonchev–Trinajstić information content (AvgIpc) is 3.25. The number of carbonyl (C=O) groups excluding carboxylic acids is 1. The van der Waals surface area contributed by atoms with Crippen molar-refractivity contribution in [1.82, 2.24) is 4.90 Å². The third kappa shape index (κ3) is 3.47. The van der Waals surface area contributed by atoms with Crippen LogP contribution >= 0.6 is 0 Å². The smallest absolute Gasteiger partial charge is 0.247 e. The molecule has 30 heavy (non-hydrogen) atoms. The monoisotopic (exact) mass is 405 g/mol. The molecule has 0 bridgehead atoms. The van der Waals surface area contributed by atoms with E-state index in [2.05, 4.69) is 0 Å². The zero-order chi connectivity index (χ0) is 20.6. The SMILES string of the molecule is O=C(C=Cc1ccccc1)N1CCC2(O)CCCCC2C1c1ccc2c(c1)OCO2. The van der Waals surface area contributed by atoms with Gasteiger partial charge in [0.1, 0.15) is 0 Å². The van der Waals surface area contributed by atoms with Crippen molar-refractivity contribution in [3.05, 3.63) is 65.7 Å². The maximum absolute atomic E-state index is 13.3. The zero-order valence-electron chi connectivity index (χ0n) is 17.0. The highest BCUT2D eigenvalue weighted by atomic mass is 16.7. The van der Waals surface area contributed by atoms with Gasteiger partial charge < -0.3 is 19.5 Å². The molecule has 1 amide bonds. The van der Waals surface area contributed by atoms with Crippen LogP contribution in [0.2, 0.25) is 0 Å². The number of benzene rings is 2. The molecule has 2 fully saturated rings. The molecule has 3 unspecified atom stereocenters.